The highest BCUT2D eigenvalue weighted by Crippen LogP contribution is 2.17. The van der Waals surface area contributed by atoms with Gasteiger partial charge in [0.15, 0.2) is 0 Å². The van der Waals surface area contributed by atoms with Crippen molar-refractivity contribution in [3.63, 3.8) is 0 Å². The van der Waals surface area contributed by atoms with Crippen molar-refractivity contribution in [2.45, 2.75) is 25.8 Å². The average molecular weight is 236 g/mol. The fourth-order valence-electron chi connectivity index (χ4n) is 1.62. The third kappa shape index (κ3) is 4.75. The minimum Gasteiger partial charge on any atom is -0.496 e. The van der Waals surface area contributed by atoms with Crippen LogP contribution < -0.4 is 15.4 Å². The Bertz CT molecular complexity index is 337. The van der Waals surface area contributed by atoms with Crippen LogP contribution in [0.15, 0.2) is 24.3 Å². The van der Waals surface area contributed by atoms with Gasteiger partial charge in [0.05, 0.1) is 7.11 Å². The molecule has 2 N–H and O–H groups in total. The molecule has 0 saturated carbocycles. The second kappa shape index (κ2) is 6.62. The fraction of sp³-hybridized carbons (Fsp3) is 0.571. The molecule has 3 heteroatoms. The maximum Gasteiger partial charge on any atom is 0.122 e. The largest absolute Gasteiger partial charge is 0.496 e. The molecule has 0 fully saturated rings. The van der Waals surface area contributed by atoms with Gasteiger partial charge in [-0.05, 0) is 45.5 Å². The molecule has 96 valence electrons. The number of likely N-dealkylation sites (N-methyl/N-ethyl adjacent to an activating group) is 1. The second-order valence-electron chi connectivity index (χ2n) is 4.87. The SMILES string of the molecule is CNC(C)(C)CNCCc1ccccc1OC. The van der Waals surface area contributed by atoms with E-state index in [4.69, 9.17) is 4.74 Å². The van der Waals surface area contributed by atoms with Gasteiger partial charge in [0.1, 0.15) is 5.75 Å². The van der Waals surface area contributed by atoms with Crippen LogP contribution >= 0.6 is 0 Å². The first-order chi connectivity index (χ1) is 8.09. The Hall–Kier alpha value is -1.06. The Morgan fingerprint density at radius 3 is 2.59 bits per heavy atom. The van der Waals surface area contributed by atoms with Crippen molar-refractivity contribution in [1.82, 2.24) is 10.6 Å². The van der Waals surface area contributed by atoms with Gasteiger partial charge in [0, 0.05) is 12.1 Å². The summed E-state index contributed by atoms with van der Waals surface area (Å²) in [6.07, 6.45) is 0.990. The van der Waals surface area contributed by atoms with E-state index in [0.29, 0.717) is 0 Å². The summed E-state index contributed by atoms with van der Waals surface area (Å²) >= 11 is 0. The van der Waals surface area contributed by atoms with Crippen molar-refractivity contribution in [2.24, 2.45) is 0 Å². The summed E-state index contributed by atoms with van der Waals surface area (Å²) in [4.78, 5) is 0. The third-order valence-corrected chi connectivity index (χ3v) is 3.01. The van der Waals surface area contributed by atoms with Crippen molar-refractivity contribution in [2.75, 3.05) is 27.2 Å². The van der Waals surface area contributed by atoms with Crippen LogP contribution in [0.4, 0.5) is 0 Å². The van der Waals surface area contributed by atoms with Gasteiger partial charge >= 0.3 is 0 Å². The van der Waals surface area contributed by atoms with E-state index in [1.807, 2.05) is 19.2 Å². The molecule has 3 nitrogen and oxygen atoms in total. The molecule has 0 heterocycles. The topological polar surface area (TPSA) is 33.3 Å². The number of ether oxygens (including phenoxy) is 1. The lowest BCUT2D eigenvalue weighted by atomic mass is 10.1. The second-order valence-corrected chi connectivity index (χ2v) is 4.87. The maximum atomic E-state index is 5.32. The molecule has 0 aromatic heterocycles. The van der Waals surface area contributed by atoms with Crippen LogP contribution in [-0.2, 0) is 6.42 Å². The zero-order valence-corrected chi connectivity index (χ0v) is 11.3. The number of rotatable bonds is 7. The van der Waals surface area contributed by atoms with E-state index in [9.17, 15) is 0 Å². The molecule has 0 saturated heterocycles. The minimum atomic E-state index is 0.140. The summed E-state index contributed by atoms with van der Waals surface area (Å²) in [6, 6.07) is 8.17. The van der Waals surface area contributed by atoms with Gasteiger partial charge in [-0.15, -0.1) is 0 Å². The predicted octanol–water partition coefficient (Wildman–Crippen LogP) is 1.83. The molecule has 0 bridgehead atoms. The van der Waals surface area contributed by atoms with Crippen LogP contribution in [-0.4, -0.2) is 32.8 Å². The monoisotopic (exact) mass is 236 g/mol. The number of methoxy groups -OCH3 is 1. The number of hydrogen-bond acceptors (Lipinski definition) is 3. The molecule has 0 unspecified atom stereocenters. The lowest BCUT2D eigenvalue weighted by Crippen LogP contribution is -2.46. The van der Waals surface area contributed by atoms with Crippen molar-refractivity contribution < 1.29 is 4.74 Å². The summed E-state index contributed by atoms with van der Waals surface area (Å²) in [5.74, 6) is 0.974. The summed E-state index contributed by atoms with van der Waals surface area (Å²) < 4.78 is 5.32. The highest BCUT2D eigenvalue weighted by Gasteiger charge is 2.13. The van der Waals surface area contributed by atoms with Crippen LogP contribution in [0.1, 0.15) is 19.4 Å². The van der Waals surface area contributed by atoms with Gasteiger partial charge in [0.2, 0.25) is 0 Å². The van der Waals surface area contributed by atoms with E-state index in [-0.39, 0.29) is 5.54 Å². The molecule has 1 aromatic rings. The highest BCUT2D eigenvalue weighted by molar-refractivity contribution is 5.33. The number of hydrogen-bond donors (Lipinski definition) is 2. The molecule has 0 amide bonds. The van der Waals surface area contributed by atoms with E-state index >= 15 is 0 Å². The van der Waals surface area contributed by atoms with Crippen molar-refractivity contribution in [3.8, 4) is 5.75 Å². The normalized spacial score (nSPS) is 11.5. The number of benzene rings is 1. The van der Waals surface area contributed by atoms with Crippen LogP contribution in [0.2, 0.25) is 0 Å². The van der Waals surface area contributed by atoms with Crippen molar-refractivity contribution in [1.29, 1.82) is 0 Å². The van der Waals surface area contributed by atoms with E-state index < -0.39 is 0 Å². The lowest BCUT2D eigenvalue weighted by Gasteiger charge is -2.24. The molecular weight excluding hydrogens is 212 g/mol. The summed E-state index contributed by atoms with van der Waals surface area (Å²) in [7, 11) is 3.71. The van der Waals surface area contributed by atoms with Crippen molar-refractivity contribution in [3.05, 3.63) is 29.8 Å². The smallest absolute Gasteiger partial charge is 0.122 e. The van der Waals surface area contributed by atoms with Crippen LogP contribution in [0, 0.1) is 0 Å². The Morgan fingerprint density at radius 1 is 1.24 bits per heavy atom. The zero-order chi connectivity index (χ0) is 12.7. The highest BCUT2D eigenvalue weighted by atomic mass is 16.5. The molecule has 0 aliphatic carbocycles. The molecule has 0 spiro atoms. The van der Waals surface area contributed by atoms with Gasteiger partial charge < -0.3 is 15.4 Å². The first-order valence-corrected chi connectivity index (χ1v) is 6.10. The van der Waals surface area contributed by atoms with E-state index in [2.05, 4.69) is 36.6 Å². The Balaban J connectivity index is 2.36. The Morgan fingerprint density at radius 2 is 1.94 bits per heavy atom. The van der Waals surface area contributed by atoms with Crippen LogP contribution in [0.25, 0.3) is 0 Å². The van der Waals surface area contributed by atoms with Crippen molar-refractivity contribution >= 4 is 0 Å². The molecule has 17 heavy (non-hydrogen) atoms. The Labute approximate surface area is 105 Å². The van der Waals surface area contributed by atoms with Crippen LogP contribution in [0.5, 0.6) is 5.75 Å². The molecule has 0 atom stereocenters. The summed E-state index contributed by atoms with van der Waals surface area (Å²) in [5, 5.41) is 6.73. The standard InChI is InChI=1S/C14H24N2O/c1-14(2,15-3)11-16-10-9-12-7-5-6-8-13(12)17-4/h5-8,15-16H,9-11H2,1-4H3. The fourth-order valence-corrected chi connectivity index (χ4v) is 1.62. The lowest BCUT2D eigenvalue weighted by molar-refractivity contribution is 0.391. The van der Waals surface area contributed by atoms with E-state index in [1.54, 1.807) is 7.11 Å². The van der Waals surface area contributed by atoms with Gasteiger partial charge in [-0.3, -0.25) is 0 Å². The van der Waals surface area contributed by atoms with E-state index in [0.717, 1.165) is 25.3 Å². The van der Waals surface area contributed by atoms with Gasteiger partial charge in [0.25, 0.3) is 0 Å². The number of para-hydroxylation sites is 1. The van der Waals surface area contributed by atoms with Gasteiger partial charge in [-0.2, -0.15) is 0 Å². The van der Waals surface area contributed by atoms with E-state index in [1.165, 1.54) is 5.56 Å². The Kier molecular flexibility index (Phi) is 5.45. The minimum absolute atomic E-state index is 0.140. The first-order valence-electron chi connectivity index (χ1n) is 6.10. The van der Waals surface area contributed by atoms with Gasteiger partial charge in [-0.1, -0.05) is 18.2 Å². The first kappa shape index (κ1) is 14.0. The molecule has 1 rings (SSSR count). The summed E-state index contributed by atoms with van der Waals surface area (Å²) in [5.41, 5.74) is 1.39. The average Bonchev–Trinajstić information content (AvgIpc) is 2.35. The zero-order valence-electron chi connectivity index (χ0n) is 11.3. The maximum absolute atomic E-state index is 5.32. The summed E-state index contributed by atoms with van der Waals surface area (Å²) in [6.45, 7) is 6.29. The molecule has 1 aromatic carbocycles. The predicted molar refractivity (Wildman–Crippen MR) is 72.7 cm³/mol. The van der Waals surface area contributed by atoms with Gasteiger partial charge in [-0.25, -0.2) is 0 Å². The quantitative estimate of drug-likeness (QED) is 0.709. The molecular formula is C14H24N2O. The number of nitrogens with one attached hydrogen (secondary N) is 2. The van der Waals surface area contributed by atoms with Crippen LogP contribution in [0.3, 0.4) is 0 Å². The molecule has 0 aliphatic heterocycles. The molecule has 0 radical (unpaired) electrons. The molecule has 0 aliphatic rings. The third-order valence-electron chi connectivity index (χ3n) is 3.01.